The number of amides is 1. The first-order valence-corrected chi connectivity index (χ1v) is 14.9. The van der Waals surface area contributed by atoms with E-state index >= 15 is 0 Å². The number of carbonyl (C=O) groups excluding carboxylic acids is 1. The van der Waals surface area contributed by atoms with Gasteiger partial charge in [-0.25, -0.2) is 15.0 Å². The molecule has 1 aliphatic heterocycles. The summed E-state index contributed by atoms with van der Waals surface area (Å²) >= 11 is 3.17. The molecule has 0 bridgehead atoms. The van der Waals surface area contributed by atoms with Gasteiger partial charge in [-0.1, -0.05) is 30.4 Å². The SMILES string of the molecule is C[C@@H](Nc1cnc2n(c1=O)[C@H](C(=O)NCc1cc3cnc(N)cc3s1)CC2)c1cnc(C2=C/CC/C=C/C=C\2)s1. The highest BCUT2D eigenvalue weighted by Gasteiger charge is 2.31. The van der Waals surface area contributed by atoms with Crippen LogP contribution in [-0.4, -0.2) is 25.4 Å². The van der Waals surface area contributed by atoms with Gasteiger partial charge in [0.15, 0.2) is 0 Å². The third kappa shape index (κ3) is 5.34. The summed E-state index contributed by atoms with van der Waals surface area (Å²) in [6.45, 7) is 2.37. The van der Waals surface area contributed by atoms with Gasteiger partial charge in [0.05, 0.1) is 18.8 Å². The van der Waals surface area contributed by atoms with Crippen molar-refractivity contribution in [2.24, 2.45) is 0 Å². The molecule has 0 saturated carbocycles. The molecular weight excluding hydrogens is 543 g/mol. The molecule has 6 rings (SSSR count). The first-order valence-electron chi connectivity index (χ1n) is 13.2. The number of aryl methyl sites for hydroxylation is 1. The van der Waals surface area contributed by atoms with Crippen LogP contribution >= 0.6 is 22.7 Å². The second-order valence-electron chi connectivity index (χ2n) is 9.85. The van der Waals surface area contributed by atoms with E-state index in [1.807, 2.05) is 31.3 Å². The molecule has 4 aromatic heterocycles. The van der Waals surface area contributed by atoms with Crippen molar-refractivity contribution in [2.45, 2.75) is 51.2 Å². The molecular formula is C29H29N7O2S2. The maximum Gasteiger partial charge on any atom is 0.277 e. The summed E-state index contributed by atoms with van der Waals surface area (Å²) in [6.07, 6.45) is 18.8. The Bertz CT molecular complexity index is 1730. The van der Waals surface area contributed by atoms with Crippen molar-refractivity contribution >= 4 is 55.7 Å². The molecule has 0 unspecified atom stereocenters. The zero-order chi connectivity index (χ0) is 27.6. The smallest absolute Gasteiger partial charge is 0.277 e. The average Bonchev–Trinajstić information content (AvgIpc) is 3.67. The van der Waals surface area contributed by atoms with Crippen LogP contribution in [0.15, 0.2) is 65.9 Å². The van der Waals surface area contributed by atoms with Crippen LogP contribution in [0.4, 0.5) is 11.5 Å². The maximum absolute atomic E-state index is 13.5. The summed E-state index contributed by atoms with van der Waals surface area (Å²) < 4.78 is 2.56. The number of allylic oxidation sites excluding steroid dienone is 6. The molecule has 204 valence electrons. The Labute approximate surface area is 239 Å². The van der Waals surface area contributed by atoms with Gasteiger partial charge in [0, 0.05) is 44.2 Å². The molecule has 11 heteroatoms. The van der Waals surface area contributed by atoms with Gasteiger partial charge < -0.3 is 16.4 Å². The van der Waals surface area contributed by atoms with Crippen molar-refractivity contribution in [2.75, 3.05) is 11.1 Å². The van der Waals surface area contributed by atoms with Crippen molar-refractivity contribution in [3.05, 3.63) is 92.0 Å². The van der Waals surface area contributed by atoms with E-state index in [-0.39, 0.29) is 17.5 Å². The highest BCUT2D eigenvalue weighted by atomic mass is 32.1. The van der Waals surface area contributed by atoms with E-state index < -0.39 is 6.04 Å². The number of pyridine rings is 1. The summed E-state index contributed by atoms with van der Waals surface area (Å²) in [7, 11) is 0. The third-order valence-corrected chi connectivity index (χ3v) is 9.35. The van der Waals surface area contributed by atoms with Gasteiger partial charge in [0.2, 0.25) is 5.91 Å². The van der Waals surface area contributed by atoms with Crippen LogP contribution in [0.25, 0.3) is 15.7 Å². The number of nitrogen functional groups attached to an aromatic ring is 1. The quantitative estimate of drug-likeness (QED) is 0.280. The third-order valence-electron chi connectivity index (χ3n) is 7.03. The van der Waals surface area contributed by atoms with Gasteiger partial charge in [-0.05, 0) is 38.3 Å². The number of hydrogen-bond donors (Lipinski definition) is 3. The molecule has 4 aromatic rings. The predicted octanol–water partition coefficient (Wildman–Crippen LogP) is 5.16. The number of thiazole rings is 1. The first-order chi connectivity index (χ1) is 19.5. The van der Waals surface area contributed by atoms with E-state index in [4.69, 9.17) is 5.73 Å². The molecule has 1 amide bonds. The van der Waals surface area contributed by atoms with Gasteiger partial charge in [0.25, 0.3) is 5.56 Å². The van der Waals surface area contributed by atoms with Gasteiger partial charge in [-0.3, -0.25) is 14.2 Å². The molecule has 9 nitrogen and oxygen atoms in total. The highest BCUT2D eigenvalue weighted by Crippen LogP contribution is 2.30. The Hall–Kier alpha value is -4.09. The summed E-state index contributed by atoms with van der Waals surface area (Å²) in [5.41, 5.74) is 7.03. The van der Waals surface area contributed by atoms with E-state index in [1.165, 1.54) is 4.57 Å². The number of hydrogen-bond acceptors (Lipinski definition) is 9. The predicted molar refractivity (Wildman–Crippen MR) is 161 cm³/mol. The van der Waals surface area contributed by atoms with Crippen LogP contribution in [0.3, 0.4) is 0 Å². The number of rotatable bonds is 7. The minimum atomic E-state index is -0.596. The van der Waals surface area contributed by atoms with Gasteiger partial charge in [0.1, 0.15) is 28.4 Å². The van der Waals surface area contributed by atoms with Crippen LogP contribution in [0, 0.1) is 0 Å². The molecule has 0 fully saturated rings. The molecule has 5 heterocycles. The van der Waals surface area contributed by atoms with Crippen LogP contribution < -0.4 is 21.9 Å². The monoisotopic (exact) mass is 571 g/mol. The fourth-order valence-corrected chi connectivity index (χ4v) is 6.92. The van der Waals surface area contributed by atoms with Crippen molar-refractivity contribution < 1.29 is 4.79 Å². The van der Waals surface area contributed by atoms with Crippen molar-refractivity contribution in [1.29, 1.82) is 0 Å². The first kappa shape index (κ1) is 26.1. The number of thiophene rings is 1. The fraction of sp³-hybridized carbons (Fsp3) is 0.276. The van der Waals surface area contributed by atoms with E-state index in [0.29, 0.717) is 36.7 Å². The van der Waals surface area contributed by atoms with Gasteiger partial charge in [-0.2, -0.15) is 0 Å². The number of nitrogens with two attached hydrogens (primary N) is 1. The summed E-state index contributed by atoms with van der Waals surface area (Å²) in [6, 6.07) is 3.08. The Kier molecular flexibility index (Phi) is 7.31. The molecule has 0 saturated heterocycles. The van der Waals surface area contributed by atoms with Crippen molar-refractivity contribution in [3.63, 3.8) is 0 Å². The lowest BCUT2D eigenvalue weighted by Gasteiger charge is -2.17. The number of fused-ring (bicyclic) bond motifs is 2. The largest absolute Gasteiger partial charge is 0.384 e. The van der Waals surface area contributed by atoms with Gasteiger partial charge >= 0.3 is 0 Å². The standard InChI is InChI=1S/C29H29N7O2S2/c1-17(24-16-34-28(40-24)18-7-5-3-2-4-6-8-18)35-21-15-32-26-10-9-22(36(26)29(21)38)27(37)33-14-20-11-19-13-31-25(30)12-23(19)39-20/h2-3,5,7-8,11-13,15-17,22,35H,4,6,9-10,14H2,1H3,(H2,30,31)(H,33,37)/b3-2+,7-5-,18-8+/t17-,22+/m1/s1. The Morgan fingerprint density at radius 3 is 2.95 bits per heavy atom. The zero-order valence-electron chi connectivity index (χ0n) is 22.0. The van der Waals surface area contributed by atoms with E-state index in [9.17, 15) is 9.59 Å². The van der Waals surface area contributed by atoms with Crippen LogP contribution in [-0.2, 0) is 17.8 Å². The minimum absolute atomic E-state index is 0.150. The topological polar surface area (TPSA) is 128 Å². The van der Waals surface area contributed by atoms with Crippen LogP contribution in [0.2, 0.25) is 0 Å². The Morgan fingerprint density at radius 2 is 2.05 bits per heavy atom. The Balaban J connectivity index is 1.15. The van der Waals surface area contributed by atoms with Crippen molar-refractivity contribution in [1.82, 2.24) is 24.8 Å². The van der Waals surface area contributed by atoms with E-state index in [1.54, 1.807) is 35.1 Å². The Morgan fingerprint density at radius 1 is 1.15 bits per heavy atom. The molecule has 0 radical (unpaired) electrons. The molecule has 40 heavy (non-hydrogen) atoms. The molecule has 0 spiro atoms. The number of carbonyl (C=O) groups is 1. The lowest BCUT2D eigenvalue weighted by Crippen LogP contribution is -2.36. The highest BCUT2D eigenvalue weighted by molar-refractivity contribution is 7.19. The zero-order valence-corrected chi connectivity index (χ0v) is 23.6. The molecule has 4 N–H and O–H groups in total. The molecule has 2 aliphatic rings. The second kappa shape index (κ2) is 11.2. The minimum Gasteiger partial charge on any atom is -0.384 e. The second-order valence-corrected chi connectivity index (χ2v) is 12.1. The normalized spacial score (nSPS) is 20.1. The average molecular weight is 572 g/mol. The van der Waals surface area contributed by atoms with Gasteiger partial charge in [-0.15, -0.1) is 22.7 Å². The van der Waals surface area contributed by atoms with E-state index in [2.05, 4.69) is 49.9 Å². The molecule has 2 atom stereocenters. The van der Waals surface area contributed by atoms with Crippen molar-refractivity contribution in [3.8, 4) is 0 Å². The molecule has 1 aliphatic carbocycles. The number of anilines is 2. The number of nitrogens with zero attached hydrogens (tertiary/aromatic N) is 4. The maximum atomic E-state index is 13.5. The fourth-order valence-electron chi connectivity index (χ4n) is 4.96. The molecule has 0 aromatic carbocycles. The van der Waals surface area contributed by atoms with Crippen LogP contribution in [0.1, 0.15) is 58.9 Å². The van der Waals surface area contributed by atoms with E-state index in [0.717, 1.165) is 43.3 Å². The lowest BCUT2D eigenvalue weighted by molar-refractivity contribution is -0.124. The number of nitrogens with one attached hydrogen (secondary N) is 2. The number of aromatic nitrogens is 4. The lowest BCUT2D eigenvalue weighted by atomic mass is 10.1. The summed E-state index contributed by atoms with van der Waals surface area (Å²) in [5, 5.41) is 8.26. The van der Waals surface area contributed by atoms with Crippen LogP contribution in [0.5, 0.6) is 0 Å². The summed E-state index contributed by atoms with van der Waals surface area (Å²) in [5.74, 6) is 0.908. The summed E-state index contributed by atoms with van der Waals surface area (Å²) in [4.78, 5) is 42.0.